The highest BCUT2D eigenvalue weighted by atomic mass is 31.2. The third-order valence-corrected chi connectivity index (χ3v) is 20.0. The van der Waals surface area contributed by atoms with E-state index in [1.54, 1.807) is 0 Å². The molecule has 0 saturated carbocycles. The molecule has 97 heavy (non-hydrogen) atoms. The van der Waals surface area contributed by atoms with E-state index in [1.807, 2.05) is 0 Å². The minimum atomic E-state index is -4.96. The van der Waals surface area contributed by atoms with Crippen molar-refractivity contribution in [2.24, 2.45) is 23.7 Å². The van der Waals surface area contributed by atoms with Crippen molar-refractivity contribution in [2.45, 2.75) is 414 Å². The quantitative estimate of drug-likeness (QED) is 0.0222. The molecule has 3 N–H and O–H groups in total. The number of hydrogen-bond donors (Lipinski definition) is 3. The van der Waals surface area contributed by atoms with Gasteiger partial charge in [-0.05, 0) is 49.4 Å². The summed E-state index contributed by atoms with van der Waals surface area (Å²) in [4.78, 5) is 72.9. The molecule has 0 rings (SSSR count). The van der Waals surface area contributed by atoms with Gasteiger partial charge in [-0.2, -0.15) is 0 Å². The molecule has 0 amide bonds. The number of aliphatic hydroxyl groups is 1. The van der Waals surface area contributed by atoms with E-state index < -0.39 is 97.5 Å². The van der Waals surface area contributed by atoms with Crippen LogP contribution >= 0.6 is 15.6 Å². The van der Waals surface area contributed by atoms with E-state index in [-0.39, 0.29) is 25.7 Å². The summed E-state index contributed by atoms with van der Waals surface area (Å²) in [5.74, 6) is 0.913. The molecule has 0 aliphatic carbocycles. The van der Waals surface area contributed by atoms with Gasteiger partial charge in [-0.15, -0.1) is 0 Å². The first-order chi connectivity index (χ1) is 46.6. The normalized spacial score (nSPS) is 14.1. The highest BCUT2D eigenvalue weighted by Gasteiger charge is 2.30. The number of ether oxygens (including phenoxy) is 4. The van der Waals surface area contributed by atoms with E-state index in [1.165, 1.54) is 193 Å². The van der Waals surface area contributed by atoms with Crippen molar-refractivity contribution in [3.05, 3.63) is 0 Å². The Morgan fingerprint density at radius 1 is 0.258 bits per heavy atom. The smallest absolute Gasteiger partial charge is 0.462 e. The van der Waals surface area contributed by atoms with Gasteiger partial charge in [-0.25, -0.2) is 9.13 Å². The predicted octanol–water partition coefficient (Wildman–Crippen LogP) is 22.8. The van der Waals surface area contributed by atoms with Crippen LogP contribution in [0.15, 0.2) is 0 Å². The summed E-state index contributed by atoms with van der Waals surface area (Å²) in [5, 5.41) is 10.6. The number of rotatable bonds is 75. The molecule has 2 unspecified atom stereocenters. The minimum Gasteiger partial charge on any atom is -0.462 e. The number of aliphatic hydroxyl groups excluding tert-OH is 1. The zero-order valence-electron chi connectivity index (χ0n) is 63.7. The van der Waals surface area contributed by atoms with Crippen molar-refractivity contribution in [1.29, 1.82) is 0 Å². The summed E-state index contributed by atoms with van der Waals surface area (Å²) in [6, 6.07) is 0. The molecule has 0 radical (unpaired) electrons. The Balaban J connectivity index is 5.23. The van der Waals surface area contributed by atoms with Crippen LogP contribution in [0, 0.1) is 23.7 Å². The zero-order valence-corrected chi connectivity index (χ0v) is 65.5. The van der Waals surface area contributed by atoms with Crippen molar-refractivity contribution in [3.63, 3.8) is 0 Å². The lowest BCUT2D eigenvalue weighted by Gasteiger charge is -2.21. The van der Waals surface area contributed by atoms with Gasteiger partial charge in [0.25, 0.3) is 0 Å². The van der Waals surface area contributed by atoms with Crippen LogP contribution in [0.25, 0.3) is 0 Å². The highest BCUT2D eigenvalue weighted by molar-refractivity contribution is 7.47. The van der Waals surface area contributed by atoms with Gasteiger partial charge in [-0.1, -0.05) is 344 Å². The largest absolute Gasteiger partial charge is 0.472 e. The average Bonchev–Trinajstić information content (AvgIpc) is 1.01. The number of phosphoric ester groups is 2. The fourth-order valence-electron chi connectivity index (χ4n) is 11.9. The summed E-state index contributed by atoms with van der Waals surface area (Å²) in [6.45, 7) is 14.2. The van der Waals surface area contributed by atoms with E-state index in [4.69, 9.17) is 37.0 Å². The molecule has 0 aromatic heterocycles. The van der Waals surface area contributed by atoms with Gasteiger partial charge in [0, 0.05) is 25.7 Å². The number of unbranched alkanes of at least 4 members (excludes halogenated alkanes) is 41. The summed E-state index contributed by atoms with van der Waals surface area (Å²) < 4.78 is 68.6. The number of carbonyl (C=O) groups excluding carboxylic acids is 4. The van der Waals surface area contributed by atoms with Crippen LogP contribution in [0.2, 0.25) is 0 Å². The molecule has 17 nitrogen and oxygen atoms in total. The molecule has 0 fully saturated rings. The first-order valence-corrected chi connectivity index (χ1v) is 43.2. The summed E-state index contributed by atoms with van der Waals surface area (Å²) >= 11 is 0. The van der Waals surface area contributed by atoms with E-state index in [0.29, 0.717) is 31.6 Å². The first kappa shape index (κ1) is 95.1. The third-order valence-electron chi connectivity index (χ3n) is 18.1. The number of carbonyl (C=O) groups is 4. The molecular formula is C78H152O17P2. The fourth-order valence-corrected chi connectivity index (χ4v) is 13.5. The van der Waals surface area contributed by atoms with Gasteiger partial charge in [0.05, 0.1) is 26.4 Å². The molecule has 576 valence electrons. The molecule has 0 aliphatic heterocycles. The van der Waals surface area contributed by atoms with E-state index in [9.17, 15) is 43.2 Å². The van der Waals surface area contributed by atoms with Crippen LogP contribution in [0.5, 0.6) is 0 Å². The zero-order chi connectivity index (χ0) is 71.7. The van der Waals surface area contributed by atoms with Crippen molar-refractivity contribution in [3.8, 4) is 0 Å². The topological polar surface area (TPSA) is 237 Å². The number of esters is 4. The molecule has 0 heterocycles. The summed E-state index contributed by atoms with van der Waals surface area (Å²) in [6.07, 6.45) is 52.9. The maximum absolute atomic E-state index is 13.1. The van der Waals surface area contributed by atoms with Crippen LogP contribution < -0.4 is 0 Å². The van der Waals surface area contributed by atoms with Crippen molar-refractivity contribution in [2.75, 3.05) is 39.6 Å². The Bertz CT molecular complexity index is 1900. The van der Waals surface area contributed by atoms with Crippen LogP contribution in [0.3, 0.4) is 0 Å². The van der Waals surface area contributed by atoms with E-state index >= 15 is 0 Å². The van der Waals surface area contributed by atoms with E-state index in [0.717, 1.165) is 114 Å². The second-order valence-electron chi connectivity index (χ2n) is 30.0. The Hall–Kier alpha value is -1.94. The molecule has 5 atom stereocenters. The maximum atomic E-state index is 13.1. The Morgan fingerprint density at radius 2 is 0.433 bits per heavy atom. The molecule has 0 aromatic rings. The Morgan fingerprint density at radius 3 is 0.639 bits per heavy atom. The summed E-state index contributed by atoms with van der Waals surface area (Å²) in [5.41, 5.74) is 0. The monoisotopic (exact) mass is 1420 g/mol. The molecule has 0 aromatic carbocycles. The average molecular weight is 1420 g/mol. The molecule has 0 spiro atoms. The third kappa shape index (κ3) is 72.2. The van der Waals surface area contributed by atoms with Crippen molar-refractivity contribution in [1.82, 2.24) is 0 Å². The lowest BCUT2D eigenvalue weighted by molar-refractivity contribution is -0.161. The Labute approximate surface area is 594 Å². The molecular weight excluding hydrogens is 1270 g/mol. The van der Waals surface area contributed by atoms with Crippen molar-refractivity contribution < 1.29 is 80.2 Å². The maximum Gasteiger partial charge on any atom is 0.472 e. The van der Waals surface area contributed by atoms with Crippen molar-refractivity contribution >= 4 is 39.5 Å². The van der Waals surface area contributed by atoms with Crippen LogP contribution in [0.4, 0.5) is 0 Å². The van der Waals surface area contributed by atoms with Gasteiger partial charge in [0.2, 0.25) is 0 Å². The molecule has 0 saturated heterocycles. The van der Waals surface area contributed by atoms with Gasteiger partial charge in [0.1, 0.15) is 19.3 Å². The first-order valence-electron chi connectivity index (χ1n) is 40.2. The fraction of sp³-hybridized carbons (Fsp3) is 0.949. The van der Waals surface area contributed by atoms with Crippen LogP contribution in [-0.4, -0.2) is 96.7 Å². The Kier molecular flexibility index (Phi) is 65.9. The van der Waals surface area contributed by atoms with Gasteiger partial charge in [0.15, 0.2) is 12.2 Å². The molecule has 0 aliphatic rings. The SMILES string of the molecule is CC(C)CCCCCCCCCCCCCCCCCC(=O)OC[C@H](COP(=O)(O)OC[C@@H](O)COP(=O)(O)OC[C@@H](COC(=O)CCCCCCCCC(C)C)OC(=O)CCCCCCCCCCCCC(C)C)OC(=O)CCCCCCCCCCCCCCCCC(C)C. The molecule has 19 heteroatoms. The van der Waals surface area contributed by atoms with Crippen LogP contribution in [-0.2, 0) is 65.4 Å². The number of hydrogen-bond acceptors (Lipinski definition) is 15. The number of phosphoric acid groups is 2. The lowest BCUT2D eigenvalue weighted by Crippen LogP contribution is -2.30. The van der Waals surface area contributed by atoms with Gasteiger partial charge in [-0.3, -0.25) is 37.3 Å². The second-order valence-corrected chi connectivity index (χ2v) is 32.9. The standard InChI is InChI=1S/C78H152O17P2/c1-68(2)54-46-38-30-24-18-14-10-9-11-16-20-27-33-42-50-58-75(80)88-64-73(94-77(82)60-52-44-34-28-21-17-13-12-15-19-25-31-39-47-55-69(3)4)66-92-96(84,85)90-62-72(79)63-91-97(86,87)93-67-74(65-89-76(81)59-51-43-37-36-41-49-57-71(7)8)95-78(83)61-53-45-35-29-23-22-26-32-40-48-56-70(5)6/h68-74,79H,9-67H2,1-8H3,(H,84,85)(H,86,87)/t72-,73-,74-/m1/s1. The van der Waals surface area contributed by atoms with Gasteiger partial charge >= 0.3 is 39.5 Å². The van der Waals surface area contributed by atoms with Crippen LogP contribution in [0.1, 0.15) is 396 Å². The highest BCUT2D eigenvalue weighted by Crippen LogP contribution is 2.45. The summed E-state index contributed by atoms with van der Waals surface area (Å²) in [7, 11) is -9.92. The lowest BCUT2D eigenvalue weighted by atomic mass is 10.0. The second kappa shape index (κ2) is 67.2. The van der Waals surface area contributed by atoms with E-state index in [2.05, 4.69) is 55.4 Å². The minimum absolute atomic E-state index is 0.105. The molecule has 0 bridgehead atoms. The van der Waals surface area contributed by atoms with Gasteiger partial charge < -0.3 is 33.8 Å². The predicted molar refractivity (Wildman–Crippen MR) is 395 cm³/mol.